The molecule has 0 aromatic heterocycles. The van der Waals surface area contributed by atoms with Crippen molar-refractivity contribution in [2.75, 3.05) is 32.7 Å². The highest BCUT2D eigenvalue weighted by Gasteiger charge is 2.23. The van der Waals surface area contributed by atoms with Crippen molar-refractivity contribution in [1.29, 1.82) is 0 Å². The van der Waals surface area contributed by atoms with Gasteiger partial charge in [0.25, 0.3) is 0 Å². The smallest absolute Gasteiger partial charge is 0.234 e. The molecule has 3 rings (SSSR count). The fourth-order valence-electron chi connectivity index (χ4n) is 3.85. The molecule has 1 atom stereocenters. The van der Waals surface area contributed by atoms with Crippen molar-refractivity contribution in [2.45, 2.75) is 40.2 Å². The summed E-state index contributed by atoms with van der Waals surface area (Å²) in [5, 5.41) is 3.10. The van der Waals surface area contributed by atoms with E-state index in [-0.39, 0.29) is 17.9 Å². The highest BCUT2D eigenvalue weighted by Crippen LogP contribution is 2.17. The number of carbonyl (C=O) groups is 2. The Morgan fingerprint density at radius 2 is 1.63 bits per heavy atom. The lowest BCUT2D eigenvalue weighted by Crippen LogP contribution is -2.51. The minimum Gasteiger partial charge on any atom is -0.348 e. The SMILES string of the molecule is Cc1ccc(C(C)NC(=O)CN2CCN(C(=O)Cc3ccccc3C)CC2)cc1C. The van der Waals surface area contributed by atoms with Crippen molar-refractivity contribution < 1.29 is 9.59 Å². The van der Waals surface area contributed by atoms with E-state index in [4.69, 9.17) is 0 Å². The van der Waals surface area contributed by atoms with Crippen LogP contribution in [0.2, 0.25) is 0 Å². The number of amides is 2. The zero-order valence-electron chi connectivity index (χ0n) is 18.6. The van der Waals surface area contributed by atoms with E-state index < -0.39 is 0 Å². The summed E-state index contributed by atoms with van der Waals surface area (Å²) in [7, 11) is 0. The molecule has 2 amide bonds. The second-order valence-electron chi connectivity index (χ2n) is 8.39. The number of hydrogen-bond acceptors (Lipinski definition) is 3. The van der Waals surface area contributed by atoms with Gasteiger partial charge in [0.05, 0.1) is 19.0 Å². The molecule has 1 N–H and O–H groups in total. The van der Waals surface area contributed by atoms with E-state index in [1.165, 1.54) is 11.1 Å². The van der Waals surface area contributed by atoms with Gasteiger partial charge in [-0.05, 0) is 55.5 Å². The Morgan fingerprint density at radius 1 is 0.933 bits per heavy atom. The van der Waals surface area contributed by atoms with E-state index in [0.717, 1.165) is 29.8 Å². The number of nitrogens with zero attached hydrogens (tertiary/aromatic N) is 2. The molecule has 2 aromatic carbocycles. The van der Waals surface area contributed by atoms with E-state index in [9.17, 15) is 9.59 Å². The van der Waals surface area contributed by atoms with E-state index in [1.54, 1.807) is 0 Å². The molecule has 5 heteroatoms. The van der Waals surface area contributed by atoms with Gasteiger partial charge in [0.15, 0.2) is 0 Å². The Labute approximate surface area is 180 Å². The number of aryl methyl sites for hydroxylation is 3. The summed E-state index contributed by atoms with van der Waals surface area (Å²) in [5.41, 5.74) is 5.86. The van der Waals surface area contributed by atoms with Crippen molar-refractivity contribution in [3.8, 4) is 0 Å². The molecule has 0 bridgehead atoms. The Kier molecular flexibility index (Phi) is 7.27. The third-order valence-electron chi connectivity index (χ3n) is 6.10. The number of piperazine rings is 1. The molecular formula is C25H33N3O2. The molecule has 1 heterocycles. The molecule has 1 saturated heterocycles. The largest absolute Gasteiger partial charge is 0.348 e. The maximum atomic E-state index is 12.6. The second-order valence-corrected chi connectivity index (χ2v) is 8.39. The predicted octanol–water partition coefficient (Wildman–Crippen LogP) is 3.18. The molecule has 2 aromatic rings. The van der Waals surface area contributed by atoms with Gasteiger partial charge in [-0.3, -0.25) is 14.5 Å². The standard InChI is InChI=1S/C25H33N3O2/c1-18-9-10-23(15-20(18)3)21(4)26-24(29)17-27-11-13-28(14-12-27)25(30)16-22-8-6-5-7-19(22)2/h5-10,15,21H,11-14,16-17H2,1-4H3,(H,26,29). The zero-order chi connectivity index (χ0) is 21.7. The van der Waals surface area contributed by atoms with Crippen LogP contribution in [0.5, 0.6) is 0 Å². The molecule has 1 aliphatic heterocycles. The lowest BCUT2D eigenvalue weighted by molar-refractivity contribution is -0.132. The lowest BCUT2D eigenvalue weighted by atomic mass is 10.0. The van der Waals surface area contributed by atoms with Gasteiger partial charge >= 0.3 is 0 Å². The maximum absolute atomic E-state index is 12.6. The molecule has 1 unspecified atom stereocenters. The van der Waals surface area contributed by atoms with Crippen LogP contribution in [0.4, 0.5) is 0 Å². The Bertz CT molecular complexity index is 901. The summed E-state index contributed by atoms with van der Waals surface area (Å²) < 4.78 is 0. The number of hydrogen-bond donors (Lipinski definition) is 1. The topological polar surface area (TPSA) is 52.7 Å². The van der Waals surface area contributed by atoms with Gasteiger partial charge in [0.1, 0.15) is 0 Å². The third-order valence-corrected chi connectivity index (χ3v) is 6.10. The monoisotopic (exact) mass is 407 g/mol. The molecule has 5 nitrogen and oxygen atoms in total. The van der Waals surface area contributed by atoms with Crippen LogP contribution in [0.3, 0.4) is 0 Å². The maximum Gasteiger partial charge on any atom is 0.234 e. The van der Waals surface area contributed by atoms with Gasteiger partial charge < -0.3 is 10.2 Å². The second kappa shape index (κ2) is 9.90. The molecule has 0 spiro atoms. The van der Waals surface area contributed by atoms with Gasteiger partial charge in [-0.15, -0.1) is 0 Å². The van der Waals surface area contributed by atoms with Crippen LogP contribution in [-0.2, 0) is 16.0 Å². The van der Waals surface area contributed by atoms with E-state index >= 15 is 0 Å². The van der Waals surface area contributed by atoms with Gasteiger partial charge in [-0.25, -0.2) is 0 Å². The van der Waals surface area contributed by atoms with Crippen LogP contribution >= 0.6 is 0 Å². The van der Waals surface area contributed by atoms with E-state index in [1.807, 2.05) is 43.0 Å². The van der Waals surface area contributed by atoms with Gasteiger partial charge in [0, 0.05) is 26.2 Å². The van der Waals surface area contributed by atoms with Crippen molar-refractivity contribution in [1.82, 2.24) is 15.1 Å². The van der Waals surface area contributed by atoms with E-state index in [2.05, 4.69) is 42.3 Å². The van der Waals surface area contributed by atoms with Crippen LogP contribution in [-0.4, -0.2) is 54.3 Å². The first-order valence-corrected chi connectivity index (χ1v) is 10.7. The molecule has 0 aliphatic carbocycles. The van der Waals surface area contributed by atoms with Gasteiger partial charge in [-0.2, -0.15) is 0 Å². The van der Waals surface area contributed by atoms with Gasteiger partial charge in [0.2, 0.25) is 11.8 Å². The first-order valence-electron chi connectivity index (χ1n) is 10.7. The number of carbonyl (C=O) groups excluding carboxylic acids is 2. The summed E-state index contributed by atoms with van der Waals surface area (Å²) >= 11 is 0. The predicted molar refractivity (Wildman–Crippen MR) is 120 cm³/mol. The molecular weight excluding hydrogens is 374 g/mol. The lowest BCUT2D eigenvalue weighted by Gasteiger charge is -2.34. The van der Waals surface area contributed by atoms with Gasteiger partial charge in [-0.1, -0.05) is 42.5 Å². The fourth-order valence-corrected chi connectivity index (χ4v) is 3.85. The molecule has 0 radical (unpaired) electrons. The van der Waals surface area contributed by atoms with E-state index in [0.29, 0.717) is 26.1 Å². The Hall–Kier alpha value is -2.66. The van der Waals surface area contributed by atoms with Crippen LogP contribution < -0.4 is 5.32 Å². The van der Waals surface area contributed by atoms with Crippen molar-refractivity contribution in [2.24, 2.45) is 0 Å². The minimum absolute atomic E-state index is 0.0196. The first-order chi connectivity index (χ1) is 14.3. The van der Waals surface area contributed by atoms with Crippen molar-refractivity contribution in [3.05, 3.63) is 70.3 Å². The summed E-state index contributed by atoms with van der Waals surface area (Å²) in [6.45, 7) is 11.4. The highest BCUT2D eigenvalue weighted by atomic mass is 16.2. The van der Waals surface area contributed by atoms with Crippen LogP contribution in [0.1, 0.15) is 40.8 Å². The summed E-state index contributed by atoms with van der Waals surface area (Å²) in [6, 6.07) is 14.3. The summed E-state index contributed by atoms with van der Waals surface area (Å²) in [5.74, 6) is 0.192. The average molecular weight is 408 g/mol. The number of rotatable bonds is 6. The number of benzene rings is 2. The summed E-state index contributed by atoms with van der Waals surface area (Å²) in [6.07, 6.45) is 0.445. The van der Waals surface area contributed by atoms with Crippen molar-refractivity contribution >= 4 is 11.8 Å². The molecule has 0 saturated carbocycles. The Morgan fingerprint density at radius 3 is 2.30 bits per heavy atom. The normalized spacial score (nSPS) is 15.7. The zero-order valence-corrected chi connectivity index (χ0v) is 18.6. The van der Waals surface area contributed by atoms with Crippen molar-refractivity contribution in [3.63, 3.8) is 0 Å². The molecule has 160 valence electrons. The van der Waals surface area contributed by atoms with Crippen LogP contribution in [0, 0.1) is 20.8 Å². The molecule has 1 fully saturated rings. The third kappa shape index (κ3) is 5.70. The molecule has 30 heavy (non-hydrogen) atoms. The quantitative estimate of drug-likeness (QED) is 0.800. The van der Waals surface area contributed by atoms with Crippen LogP contribution in [0.25, 0.3) is 0 Å². The molecule has 1 aliphatic rings. The fraction of sp³-hybridized carbons (Fsp3) is 0.440. The highest BCUT2D eigenvalue weighted by molar-refractivity contribution is 5.80. The minimum atomic E-state index is -0.0196. The summed E-state index contributed by atoms with van der Waals surface area (Å²) in [4.78, 5) is 29.2. The first kappa shape index (κ1) is 22.0. The average Bonchev–Trinajstić information content (AvgIpc) is 2.72. The van der Waals surface area contributed by atoms with Crippen LogP contribution in [0.15, 0.2) is 42.5 Å². The Balaban J connectivity index is 1.44. The number of nitrogens with one attached hydrogen (secondary N) is 1.